The second-order valence-electron chi connectivity index (χ2n) is 5.64. The zero-order chi connectivity index (χ0) is 17.8. The predicted molar refractivity (Wildman–Crippen MR) is 87.9 cm³/mol. The third-order valence-electron chi connectivity index (χ3n) is 3.03. The highest BCUT2D eigenvalue weighted by Gasteiger charge is 2.31. The van der Waals surface area contributed by atoms with Crippen molar-refractivity contribution in [2.24, 2.45) is 5.92 Å². The molecular formula is C14H22N2O5S2. The van der Waals surface area contributed by atoms with Gasteiger partial charge in [-0.1, -0.05) is 13.8 Å². The first-order valence-electron chi connectivity index (χ1n) is 6.99. The Bertz CT molecular complexity index is 664. The fourth-order valence-corrected chi connectivity index (χ4v) is 4.52. The molecule has 0 aliphatic rings. The maximum atomic E-state index is 12.6. The van der Waals surface area contributed by atoms with Crippen LogP contribution in [0.15, 0.2) is 16.3 Å². The highest BCUT2D eigenvalue weighted by atomic mass is 32.2. The van der Waals surface area contributed by atoms with E-state index in [0.717, 1.165) is 11.3 Å². The van der Waals surface area contributed by atoms with Crippen LogP contribution in [-0.2, 0) is 19.6 Å². The molecule has 1 aromatic heterocycles. The maximum absolute atomic E-state index is 12.6. The summed E-state index contributed by atoms with van der Waals surface area (Å²) in [6, 6.07) is 0.437. The van der Waals surface area contributed by atoms with E-state index in [1.807, 2.05) is 13.8 Å². The Morgan fingerprint density at radius 2 is 1.96 bits per heavy atom. The van der Waals surface area contributed by atoms with E-state index in [2.05, 4.69) is 9.46 Å². The van der Waals surface area contributed by atoms with Gasteiger partial charge >= 0.3 is 5.97 Å². The van der Waals surface area contributed by atoms with E-state index >= 15 is 0 Å². The number of sulfonamides is 1. The van der Waals surface area contributed by atoms with Crippen molar-refractivity contribution < 1.29 is 22.7 Å². The first-order valence-corrected chi connectivity index (χ1v) is 9.35. The van der Waals surface area contributed by atoms with E-state index in [0.29, 0.717) is 6.42 Å². The van der Waals surface area contributed by atoms with Crippen molar-refractivity contribution in [2.75, 3.05) is 21.2 Å². The van der Waals surface area contributed by atoms with Gasteiger partial charge in [-0.15, -0.1) is 11.3 Å². The molecule has 0 saturated heterocycles. The van der Waals surface area contributed by atoms with Crippen LogP contribution < -0.4 is 4.72 Å². The number of esters is 1. The van der Waals surface area contributed by atoms with E-state index in [1.165, 1.54) is 23.5 Å². The number of rotatable bonds is 7. The lowest BCUT2D eigenvalue weighted by Gasteiger charge is -2.23. The van der Waals surface area contributed by atoms with Crippen LogP contribution in [0.1, 0.15) is 29.9 Å². The van der Waals surface area contributed by atoms with E-state index in [-0.39, 0.29) is 21.6 Å². The van der Waals surface area contributed by atoms with Crippen molar-refractivity contribution in [1.29, 1.82) is 0 Å². The number of nitrogens with zero attached hydrogens (tertiary/aromatic N) is 1. The second-order valence-corrected chi connectivity index (χ2v) is 8.24. The van der Waals surface area contributed by atoms with Crippen LogP contribution in [-0.4, -0.2) is 52.4 Å². The van der Waals surface area contributed by atoms with Gasteiger partial charge in [0, 0.05) is 14.1 Å². The molecule has 1 heterocycles. The van der Waals surface area contributed by atoms with Gasteiger partial charge in [-0.25, -0.2) is 13.2 Å². The van der Waals surface area contributed by atoms with Gasteiger partial charge in [-0.2, -0.15) is 4.72 Å². The molecule has 1 amide bonds. The molecule has 0 aliphatic heterocycles. The van der Waals surface area contributed by atoms with Crippen molar-refractivity contribution in [3.05, 3.63) is 16.3 Å². The summed E-state index contributed by atoms with van der Waals surface area (Å²) in [7, 11) is 0.297. The van der Waals surface area contributed by atoms with Gasteiger partial charge < -0.3 is 9.64 Å². The van der Waals surface area contributed by atoms with Gasteiger partial charge in [-0.3, -0.25) is 4.79 Å². The fourth-order valence-electron chi connectivity index (χ4n) is 1.98. The smallest absolute Gasteiger partial charge is 0.349 e. The average Bonchev–Trinajstić information content (AvgIpc) is 2.94. The summed E-state index contributed by atoms with van der Waals surface area (Å²) in [5, 5.41) is 1.49. The Labute approximate surface area is 140 Å². The molecule has 0 aliphatic carbocycles. The summed E-state index contributed by atoms with van der Waals surface area (Å²) in [5.41, 5.74) is 0. The fraction of sp³-hybridized carbons (Fsp3) is 0.571. The van der Waals surface area contributed by atoms with Crippen LogP contribution in [0.2, 0.25) is 0 Å². The summed E-state index contributed by atoms with van der Waals surface area (Å²) in [6.07, 6.45) is 0.355. The van der Waals surface area contributed by atoms with E-state index in [4.69, 9.17) is 0 Å². The van der Waals surface area contributed by atoms with Crippen LogP contribution in [0.25, 0.3) is 0 Å². The largest absolute Gasteiger partial charge is 0.465 e. The quantitative estimate of drug-likeness (QED) is 0.739. The number of ether oxygens (including phenoxy) is 1. The lowest BCUT2D eigenvalue weighted by atomic mass is 10.0. The van der Waals surface area contributed by atoms with Crippen LogP contribution >= 0.6 is 11.3 Å². The third kappa shape index (κ3) is 5.02. The Hall–Kier alpha value is -1.45. The standard InChI is InChI=1S/C14H22N2O5S2/c1-9(2)8-10(13(17)16(3)4)15-23(19,20)11-6-7-22-12(11)14(18)21-5/h6-7,9-10,15H,8H2,1-5H3/t10-/m1/s1. The molecule has 7 nitrogen and oxygen atoms in total. The monoisotopic (exact) mass is 362 g/mol. The average molecular weight is 362 g/mol. The molecule has 1 atom stereocenters. The molecule has 0 aromatic carbocycles. The zero-order valence-corrected chi connectivity index (χ0v) is 15.5. The summed E-state index contributed by atoms with van der Waals surface area (Å²) in [6.45, 7) is 3.80. The summed E-state index contributed by atoms with van der Waals surface area (Å²) < 4.78 is 32.1. The van der Waals surface area contributed by atoms with Gasteiger partial charge in [0.25, 0.3) is 0 Å². The van der Waals surface area contributed by atoms with Gasteiger partial charge in [0.05, 0.1) is 7.11 Å². The highest BCUT2D eigenvalue weighted by Crippen LogP contribution is 2.23. The van der Waals surface area contributed by atoms with Gasteiger partial charge in [0.15, 0.2) is 0 Å². The summed E-state index contributed by atoms with van der Waals surface area (Å²) in [4.78, 5) is 25.0. The van der Waals surface area contributed by atoms with Gasteiger partial charge in [-0.05, 0) is 23.8 Å². The molecule has 1 rings (SSSR count). The lowest BCUT2D eigenvalue weighted by molar-refractivity contribution is -0.130. The molecule has 0 radical (unpaired) electrons. The van der Waals surface area contributed by atoms with Crippen molar-refractivity contribution >= 4 is 33.2 Å². The Morgan fingerprint density at radius 1 is 1.35 bits per heavy atom. The van der Waals surface area contributed by atoms with E-state index < -0.39 is 22.0 Å². The van der Waals surface area contributed by atoms with Crippen molar-refractivity contribution in [3.8, 4) is 0 Å². The molecule has 0 unspecified atom stereocenters. The minimum absolute atomic E-state index is 0.0133. The number of amides is 1. The van der Waals surface area contributed by atoms with Gasteiger partial charge in [0.1, 0.15) is 15.8 Å². The maximum Gasteiger partial charge on any atom is 0.349 e. The van der Waals surface area contributed by atoms with Crippen LogP contribution in [0.4, 0.5) is 0 Å². The molecular weight excluding hydrogens is 340 g/mol. The van der Waals surface area contributed by atoms with Crippen molar-refractivity contribution in [2.45, 2.75) is 31.2 Å². The minimum atomic E-state index is -4.01. The van der Waals surface area contributed by atoms with Crippen LogP contribution in [0.3, 0.4) is 0 Å². The number of hydrogen-bond acceptors (Lipinski definition) is 6. The Morgan fingerprint density at radius 3 is 2.43 bits per heavy atom. The molecule has 0 fully saturated rings. The lowest BCUT2D eigenvalue weighted by Crippen LogP contribution is -2.46. The van der Waals surface area contributed by atoms with E-state index in [9.17, 15) is 18.0 Å². The number of nitrogens with one attached hydrogen (secondary N) is 1. The number of hydrogen-bond donors (Lipinski definition) is 1. The molecule has 1 aromatic rings. The van der Waals surface area contributed by atoms with Crippen LogP contribution in [0.5, 0.6) is 0 Å². The summed E-state index contributed by atoms with van der Waals surface area (Å²) in [5.74, 6) is -0.939. The molecule has 23 heavy (non-hydrogen) atoms. The first kappa shape index (κ1) is 19.6. The molecule has 0 bridgehead atoms. The molecule has 0 saturated carbocycles. The predicted octanol–water partition coefficient (Wildman–Crippen LogP) is 1.32. The van der Waals surface area contributed by atoms with Crippen LogP contribution in [0, 0.1) is 5.92 Å². The number of carbonyl (C=O) groups is 2. The normalized spacial score (nSPS) is 13.0. The highest BCUT2D eigenvalue weighted by molar-refractivity contribution is 7.89. The minimum Gasteiger partial charge on any atom is -0.465 e. The Balaban J connectivity index is 3.14. The Kier molecular flexibility index (Phi) is 6.72. The molecule has 9 heteroatoms. The molecule has 130 valence electrons. The number of methoxy groups -OCH3 is 1. The summed E-state index contributed by atoms with van der Waals surface area (Å²) >= 11 is 0.976. The van der Waals surface area contributed by atoms with E-state index in [1.54, 1.807) is 14.1 Å². The molecule has 1 N–H and O–H groups in total. The second kappa shape index (κ2) is 7.89. The van der Waals surface area contributed by atoms with Crippen molar-refractivity contribution in [1.82, 2.24) is 9.62 Å². The third-order valence-corrected chi connectivity index (χ3v) is 5.57. The number of carbonyl (C=O) groups excluding carboxylic acids is 2. The zero-order valence-electron chi connectivity index (χ0n) is 13.8. The van der Waals surface area contributed by atoms with Gasteiger partial charge in [0.2, 0.25) is 15.9 Å². The van der Waals surface area contributed by atoms with Crippen molar-refractivity contribution in [3.63, 3.8) is 0 Å². The number of likely N-dealkylation sites (N-methyl/N-ethyl adjacent to an activating group) is 1. The number of thiophene rings is 1. The molecule has 0 spiro atoms. The SMILES string of the molecule is COC(=O)c1sccc1S(=O)(=O)N[C@H](CC(C)C)C(=O)N(C)C. The topological polar surface area (TPSA) is 92.8 Å². The first-order chi connectivity index (χ1) is 10.6.